The molecule has 0 saturated heterocycles. The number of fused-ring (bicyclic) bond motifs is 4. The Balaban J connectivity index is 1.12. The molecule has 1 aliphatic carbocycles. The Bertz CT molecular complexity index is 3620. The molecule has 3 heterocycles. The molecule has 2 aliphatic heterocycles. The van der Waals surface area contributed by atoms with Gasteiger partial charge >= 0.3 is 0 Å². The van der Waals surface area contributed by atoms with E-state index in [-0.39, 0.29) is 12.1 Å². The summed E-state index contributed by atoms with van der Waals surface area (Å²) in [7, 11) is 0. The van der Waals surface area contributed by atoms with Crippen molar-refractivity contribution in [1.29, 1.82) is 0 Å². The summed E-state index contributed by atoms with van der Waals surface area (Å²) in [5.74, 6) is 0. The third-order valence-corrected chi connectivity index (χ3v) is 14.5. The molecule has 10 aromatic rings. The van der Waals surface area contributed by atoms with Crippen LogP contribution in [0.3, 0.4) is 0 Å². The Hall–Kier alpha value is -8.27. The standard InChI is InChI=1S/C65H49N3/c1-5-20-46(21-6-1)60-38-39-61(47-22-7-2-8-23-47)67(60)50-34-36-55-56(42-50)64(53-30-17-28-44-18-13-15-29-52(44)53)54-35-33-51(43-57(54)65(55)59-37-32-45-19-14-16-31-58(45)66-59)68-62(48-24-9-3-10-25-48)40-41-63(68)49-26-11-4-12-27-49/h1-15,17-30,32-38,40,42-43,61,63H,16,31,39,41H2. The Labute approximate surface area is 398 Å². The third kappa shape index (κ3) is 6.85. The second-order valence-corrected chi connectivity index (χ2v) is 18.4. The number of anilines is 2. The molecule has 13 rings (SSSR count). The number of pyridine rings is 1. The summed E-state index contributed by atoms with van der Waals surface area (Å²) in [4.78, 5) is 10.8. The van der Waals surface area contributed by atoms with Crippen molar-refractivity contribution in [1.82, 2.24) is 4.98 Å². The van der Waals surface area contributed by atoms with E-state index in [1.165, 1.54) is 99.6 Å². The van der Waals surface area contributed by atoms with Crippen LogP contribution in [0.4, 0.5) is 11.4 Å². The Morgan fingerprint density at radius 3 is 1.57 bits per heavy atom. The molecule has 324 valence electrons. The van der Waals surface area contributed by atoms with Gasteiger partial charge in [0.2, 0.25) is 0 Å². The largest absolute Gasteiger partial charge is 0.333 e. The molecule has 0 radical (unpaired) electrons. The van der Waals surface area contributed by atoms with Crippen molar-refractivity contribution in [3.63, 3.8) is 0 Å². The van der Waals surface area contributed by atoms with Gasteiger partial charge in [0.1, 0.15) is 0 Å². The molecule has 2 unspecified atom stereocenters. The second-order valence-electron chi connectivity index (χ2n) is 18.4. The maximum absolute atomic E-state index is 5.60. The molecule has 9 aromatic carbocycles. The number of hydrogen-bond acceptors (Lipinski definition) is 3. The summed E-state index contributed by atoms with van der Waals surface area (Å²) in [6.07, 6.45) is 13.1. The van der Waals surface area contributed by atoms with Crippen molar-refractivity contribution < 1.29 is 0 Å². The lowest BCUT2D eigenvalue weighted by atomic mass is 9.84. The molecular formula is C65H49N3. The lowest BCUT2D eigenvalue weighted by Gasteiger charge is -2.32. The van der Waals surface area contributed by atoms with Gasteiger partial charge in [0.15, 0.2) is 0 Å². The van der Waals surface area contributed by atoms with Gasteiger partial charge in [-0.05, 0) is 127 Å². The summed E-state index contributed by atoms with van der Waals surface area (Å²) >= 11 is 0. The fourth-order valence-electron chi connectivity index (χ4n) is 11.4. The smallest absolute Gasteiger partial charge is 0.0718 e. The lowest BCUT2D eigenvalue weighted by molar-refractivity contribution is 0.749. The topological polar surface area (TPSA) is 19.4 Å². The van der Waals surface area contributed by atoms with Crippen molar-refractivity contribution in [3.05, 3.63) is 264 Å². The number of aryl methyl sites for hydroxylation is 1. The van der Waals surface area contributed by atoms with E-state index in [0.717, 1.165) is 37.1 Å². The molecule has 0 fully saturated rings. The fraction of sp³-hybridized carbons (Fsp3) is 0.0923. The van der Waals surface area contributed by atoms with Crippen LogP contribution >= 0.6 is 0 Å². The van der Waals surface area contributed by atoms with Crippen LogP contribution in [0.2, 0.25) is 0 Å². The summed E-state index contributed by atoms with van der Waals surface area (Å²) in [6.45, 7) is 0. The summed E-state index contributed by atoms with van der Waals surface area (Å²) in [5, 5.41) is 7.29. The zero-order valence-corrected chi connectivity index (χ0v) is 37.8. The van der Waals surface area contributed by atoms with E-state index >= 15 is 0 Å². The Kier molecular flexibility index (Phi) is 9.93. The monoisotopic (exact) mass is 871 g/mol. The Morgan fingerprint density at radius 2 is 0.956 bits per heavy atom. The summed E-state index contributed by atoms with van der Waals surface area (Å²) in [6, 6.07) is 78.9. The zero-order chi connectivity index (χ0) is 45.0. The number of rotatable bonds is 8. The highest BCUT2D eigenvalue weighted by molar-refractivity contribution is 6.24. The molecule has 0 saturated carbocycles. The highest BCUT2D eigenvalue weighted by atomic mass is 15.2. The first-order valence-corrected chi connectivity index (χ1v) is 24.1. The number of benzene rings is 9. The molecule has 0 bridgehead atoms. The van der Waals surface area contributed by atoms with Crippen molar-refractivity contribution in [2.45, 2.75) is 37.8 Å². The van der Waals surface area contributed by atoms with E-state index in [1.807, 2.05) is 0 Å². The molecule has 68 heavy (non-hydrogen) atoms. The van der Waals surface area contributed by atoms with Crippen LogP contribution in [0, 0.1) is 0 Å². The predicted octanol–water partition coefficient (Wildman–Crippen LogP) is 16.8. The molecule has 0 spiro atoms. The quantitative estimate of drug-likeness (QED) is 0.142. The minimum atomic E-state index is 0.145. The lowest BCUT2D eigenvalue weighted by Crippen LogP contribution is -2.23. The van der Waals surface area contributed by atoms with Gasteiger partial charge in [-0.1, -0.05) is 206 Å². The third-order valence-electron chi connectivity index (χ3n) is 14.5. The van der Waals surface area contributed by atoms with E-state index < -0.39 is 0 Å². The van der Waals surface area contributed by atoms with Crippen LogP contribution in [-0.2, 0) is 6.42 Å². The van der Waals surface area contributed by atoms with Gasteiger partial charge in [0.25, 0.3) is 0 Å². The number of hydrogen-bond donors (Lipinski definition) is 0. The van der Waals surface area contributed by atoms with E-state index in [0.29, 0.717) is 0 Å². The van der Waals surface area contributed by atoms with Crippen molar-refractivity contribution >= 4 is 61.2 Å². The van der Waals surface area contributed by atoms with Gasteiger partial charge in [-0.15, -0.1) is 0 Å². The van der Waals surface area contributed by atoms with Crippen LogP contribution in [0.5, 0.6) is 0 Å². The second kappa shape index (κ2) is 16.9. The van der Waals surface area contributed by atoms with Gasteiger partial charge in [0, 0.05) is 34.0 Å². The minimum Gasteiger partial charge on any atom is -0.333 e. The van der Waals surface area contributed by atoms with E-state index in [2.05, 4.69) is 246 Å². The average Bonchev–Trinajstić information content (AvgIpc) is 4.07. The number of allylic oxidation sites excluding steroid dienone is 1. The molecule has 3 aliphatic rings. The predicted molar refractivity (Wildman–Crippen MR) is 286 cm³/mol. The molecule has 2 atom stereocenters. The average molecular weight is 872 g/mol. The SMILES string of the molecule is C1=Cc2ccc(-c3c4cc(N5C(c6ccccc6)=CCC5c5ccccc5)ccc4c(-c4cccc5ccccc45)c4cc(N5C(c6ccccc6)=CCC5c5ccccc5)ccc34)nc2CC1. The van der Waals surface area contributed by atoms with Gasteiger partial charge in [0.05, 0.1) is 17.8 Å². The van der Waals surface area contributed by atoms with Gasteiger partial charge in [-0.25, -0.2) is 0 Å². The normalized spacial score (nSPS) is 16.6. The van der Waals surface area contributed by atoms with Crippen molar-refractivity contribution in [3.8, 4) is 22.4 Å². The summed E-state index contributed by atoms with van der Waals surface area (Å²) in [5.41, 5.74) is 16.9. The minimum absolute atomic E-state index is 0.145. The van der Waals surface area contributed by atoms with Crippen LogP contribution in [0.15, 0.2) is 231 Å². The highest BCUT2D eigenvalue weighted by Gasteiger charge is 2.33. The first-order chi connectivity index (χ1) is 33.7. The first-order valence-electron chi connectivity index (χ1n) is 24.1. The number of nitrogens with zero attached hydrogens (tertiary/aromatic N) is 3. The van der Waals surface area contributed by atoms with Crippen molar-refractivity contribution in [2.24, 2.45) is 0 Å². The van der Waals surface area contributed by atoms with Crippen LogP contribution in [0.1, 0.15) is 64.9 Å². The van der Waals surface area contributed by atoms with Gasteiger partial charge in [-0.3, -0.25) is 4.98 Å². The molecule has 0 N–H and O–H groups in total. The highest BCUT2D eigenvalue weighted by Crippen LogP contribution is 2.51. The maximum atomic E-state index is 5.60. The van der Waals surface area contributed by atoms with Crippen molar-refractivity contribution in [2.75, 3.05) is 9.80 Å². The maximum Gasteiger partial charge on any atom is 0.0718 e. The van der Waals surface area contributed by atoms with Crippen LogP contribution < -0.4 is 9.80 Å². The molecule has 1 aromatic heterocycles. The molecule has 3 nitrogen and oxygen atoms in total. The fourth-order valence-corrected chi connectivity index (χ4v) is 11.4. The zero-order valence-electron chi connectivity index (χ0n) is 37.8. The van der Waals surface area contributed by atoms with E-state index in [9.17, 15) is 0 Å². The molecule has 0 amide bonds. The summed E-state index contributed by atoms with van der Waals surface area (Å²) < 4.78 is 0. The van der Waals surface area contributed by atoms with Crippen LogP contribution in [0.25, 0.3) is 72.2 Å². The first kappa shape index (κ1) is 40.0. The van der Waals surface area contributed by atoms with E-state index in [4.69, 9.17) is 4.98 Å². The van der Waals surface area contributed by atoms with Gasteiger partial charge in [-0.2, -0.15) is 0 Å². The molecular weight excluding hydrogens is 823 g/mol. The van der Waals surface area contributed by atoms with E-state index in [1.54, 1.807) is 0 Å². The molecule has 3 heteroatoms. The van der Waals surface area contributed by atoms with Gasteiger partial charge < -0.3 is 9.80 Å². The van der Waals surface area contributed by atoms with Crippen LogP contribution in [-0.4, -0.2) is 4.98 Å². The Morgan fingerprint density at radius 1 is 0.426 bits per heavy atom. The number of aromatic nitrogens is 1.